The second-order valence-electron chi connectivity index (χ2n) is 10.1. The topological polar surface area (TPSA) is 123 Å². The van der Waals surface area contributed by atoms with Crippen LogP contribution in [-0.2, 0) is 22.4 Å². The van der Waals surface area contributed by atoms with Crippen molar-refractivity contribution < 1.29 is 32.4 Å². The number of aromatic amines is 1. The number of aromatic nitrogens is 1. The van der Waals surface area contributed by atoms with Gasteiger partial charge in [0, 0.05) is 28.5 Å². The number of H-pyrrole nitrogens is 1. The minimum atomic E-state index is -4.71. The average molecular weight is 628 g/mol. The van der Waals surface area contributed by atoms with Gasteiger partial charge in [0.1, 0.15) is 17.6 Å². The van der Waals surface area contributed by atoms with Gasteiger partial charge in [0.25, 0.3) is 5.69 Å². The maximum absolute atomic E-state index is 14.0. The first kappa shape index (κ1) is 28.7. The quantitative estimate of drug-likeness (QED) is 0.157. The number of carbonyl (C=O) groups excluding carboxylic acids is 2. The molecule has 14 heteroatoms. The normalized spacial score (nSPS) is 19.7. The van der Waals surface area contributed by atoms with Gasteiger partial charge in [-0.05, 0) is 36.8 Å². The number of halogens is 3. The summed E-state index contributed by atoms with van der Waals surface area (Å²) in [6, 6.07) is 15.3. The molecule has 9 nitrogen and oxygen atoms in total. The summed E-state index contributed by atoms with van der Waals surface area (Å²) in [6.45, 7) is 2.00. The van der Waals surface area contributed by atoms with Gasteiger partial charge in [-0.15, -0.1) is 0 Å². The first-order valence-corrected chi connectivity index (χ1v) is 14.5. The number of nitro groups is 1. The van der Waals surface area contributed by atoms with Gasteiger partial charge in [-0.1, -0.05) is 59.0 Å². The second-order valence-corrected chi connectivity index (χ2v) is 12.2. The number of ether oxygens (including phenoxy) is 1. The van der Waals surface area contributed by atoms with Crippen LogP contribution in [0.4, 0.5) is 24.5 Å². The summed E-state index contributed by atoms with van der Waals surface area (Å²) in [5, 5.41) is 11.0. The first-order valence-electron chi connectivity index (χ1n) is 12.8. The lowest BCUT2D eigenvalue weighted by Gasteiger charge is -2.30. The molecule has 43 heavy (non-hydrogen) atoms. The van der Waals surface area contributed by atoms with E-state index in [2.05, 4.69) is 4.98 Å². The Morgan fingerprint density at radius 2 is 1.79 bits per heavy atom. The van der Waals surface area contributed by atoms with Gasteiger partial charge in [0.15, 0.2) is 0 Å². The fraction of sp³-hybridized carbons (Fsp3) is 0.207. The van der Waals surface area contributed by atoms with Crippen molar-refractivity contribution in [3.8, 4) is 5.75 Å². The summed E-state index contributed by atoms with van der Waals surface area (Å²) < 4.78 is 46.5. The van der Waals surface area contributed by atoms with E-state index in [0.29, 0.717) is 9.90 Å². The summed E-state index contributed by atoms with van der Waals surface area (Å²) in [7, 11) is 0. The molecule has 1 N–H and O–H groups in total. The number of anilines is 1. The maximum atomic E-state index is 14.0. The van der Waals surface area contributed by atoms with E-state index in [1.165, 1.54) is 24.3 Å². The van der Waals surface area contributed by atoms with Crippen LogP contribution in [0.5, 0.6) is 5.75 Å². The number of nitrogens with zero attached hydrogens (tertiary/aromatic N) is 2. The van der Waals surface area contributed by atoms with E-state index in [9.17, 15) is 37.7 Å². The van der Waals surface area contributed by atoms with Crippen LogP contribution in [0.25, 0.3) is 0 Å². The fourth-order valence-electron chi connectivity index (χ4n) is 5.41. The lowest BCUT2D eigenvalue weighted by molar-refractivity contribution is -0.385. The van der Waals surface area contributed by atoms with Crippen molar-refractivity contribution >= 4 is 46.3 Å². The molecule has 1 aromatic heterocycles. The van der Waals surface area contributed by atoms with E-state index in [1.54, 1.807) is 0 Å². The van der Waals surface area contributed by atoms with Crippen molar-refractivity contribution in [3.05, 3.63) is 114 Å². The zero-order valence-corrected chi connectivity index (χ0v) is 23.7. The Kier molecular flexibility index (Phi) is 7.13. The summed E-state index contributed by atoms with van der Waals surface area (Å²) in [4.78, 5) is 54.7. The predicted molar refractivity (Wildman–Crippen MR) is 152 cm³/mol. The molecular formula is C29H20F3N3O6S2. The number of hydrogen-bond donors (Lipinski definition) is 1. The van der Waals surface area contributed by atoms with E-state index < -0.39 is 50.4 Å². The first-order chi connectivity index (χ1) is 20.4. The molecule has 3 heterocycles. The highest BCUT2D eigenvalue weighted by Crippen LogP contribution is 2.55. The number of hydrogen-bond acceptors (Lipinski definition) is 8. The third-order valence-electron chi connectivity index (χ3n) is 7.27. The molecule has 0 unspecified atom stereocenters. The molecule has 4 aromatic rings. The molecule has 0 spiro atoms. The fourth-order valence-corrected chi connectivity index (χ4v) is 7.92. The van der Waals surface area contributed by atoms with Gasteiger partial charge >= 0.3 is 11.0 Å². The third-order valence-corrected chi connectivity index (χ3v) is 9.67. The van der Waals surface area contributed by atoms with Crippen LogP contribution >= 0.6 is 23.1 Å². The van der Waals surface area contributed by atoms with Gasteiger partial charge in [-0.2, -0.15) is 13.2 Å². The summed E-state index contributed by atoms with van der Waals surface area (Å²) in [5.41, 5.74) is 0.438. The molecule has 6 rings (SSSR count). The van der Waals surface area contributed by atoms with Gasteiger partial charge in [0.2, 0.25) is 11.8 Å². The van der Waals surface area contributed by atoms with Crippen LogP contribution in [-0.4, -0.2) is 27.0 Å². The third kappa shape index (κ3) is 5.20. The molecule has 2 amide bonds. The minimum Gasteiger partial charge on any atom is -0.489 e. The Bertz CT molecular complexity index is 1850. The Hall–Kier alpha value is -4.43. The SMILES string of the molecule is Cc1cccc(COc2ccc([N+](=O)[O-])cc2[C@@H]2c3sc(=O)[nH]c3S[C@H]3C(=O)N(c4cccc(C(F)(F)F)c4)C(=O)[C@@H]23)c1. The number of aryl methyl sites for hydroxylation is 1. The molecule has 2 aliphatic rings. The van der Waals surface area contributed by atoms with E-state index in [-0.39, 0.29) is 29.3 Å². The standard InChI is InChI=1S/C29H20F3N3O6S2/c1-14-4-2-5-15(10-14)13-41-20-9-8-18(35(39)40)12-19(20)21-22-24(42-25-23(21)43-28(38)33-25)27(37)34(26(22)36)17-7-3-6-16(11-17)29(30,31)32/h2-12,21-22,24H,13H2,1H3,(H,33,38)/t21-,22-,24+/m0/s1. The van der Waals surface area contributed by atoms with E-state index in [4.69, 9.17) is 4.74 Å². The molecule has 0 bridgehead atoms. The highest BCUT2D eigenvalue weighted by molar-refractivity contribution is 8.00. The molecule has 3 aromatic carbocycles. The zero-order valence-electron chi connectivity index (χ0n) is 22.1. The highest BCUT2D eigenvalue weighted by atomic mass is 32.2. The number of nitrogens with one attached hydrogen (secondary N) is 1. The highest BCUT2D eigenvalue weighted by Gasteiger charge is 2.57. The maximum Gasteiger partial charge on any atom is 0.416 e. The molecule has 3 atom stereocenters. The molecule has 220 valence electrons. The van der Waals surface area contributed by atoms with Crippen LogP contribution in [0.1, 0.15) is 33.0 Å². The summed E-state index contributed by atoms with van der Waals surface area (Å²) in [5.74, 6) is -3.56. The number of rotatable bonds is 6. The lowest BCUT2D eigenvalue weighted by atomic mass is 9.82. The number of imide groups is 1. The van der Waals surface area contributed by atoms with Gasteiger partial charge in [-0.3, -0.25) is 24.5 Å². The number of alkyl halides is 3. The van der Waals surface area contributed by atoms with Crippen LogP contribution in [0, 0.1) is 23.0 Å². The van der Waals surface area contributed by atoms with Gasteiger partial charge < -0.3 is 9.72 Å². The lowest BCUT2D eigenvalue weighted by Crippen LogP contribution is -2.32. The van der Waals surface area contributed by atoms with Crippen molar-refractivity contribution in [3.63, 3.8) is 0 Å². The van der Waals surface area contributed by atoms with Crippen LogP contribution in [0.3, 0.4) is 0 Å². The monoisotopic (exact) mass is 627 g/mol. The average Bonchev–Trinajstić information content (AvgIpc) is 3.45. The van der Waals surface area contributed by atoms with Crippen molar-refractivity contribution in [2.24, 2.45) is 5.92 Å². The predicted octanol–water partition coefficient (Wildman–Crippen LogP) is 6.05. The van der Waals surface area contributed by atoms with E-state index >= 15 is 0 Å². The molecule has 0 saturated carbocycles. The number of thioether (sulfide) groups is 1. The Morgan fingerprint density at radius 3 is 2.51 bits per heavy atom. The summed E-state index contributed by atoms with van der Waals surface area (Å²) in [6.07, 6.45) is -4.71. The number of benzene rings is 3. The number of nitro benzene ring substituents is 1. The number of amides is 2. The summed E-state index contributed by atoms with van der Waals surface area (Å²) >= 11 is 1.74. The van der Waals surface area contributed by atoms with Crippen LogP contribution in [0.15, 0.2) is 76.6 Å². The van der Waals surface area contributed by atoms with Crippen LogP contribution in [0.2, 0.25) is 0 Å². The second kappa shape index (κ2) is 10.7. The Morgan fingerprint density at radius 1 is 1.02 bits per heavy atom. The number of carbonyl (C=O) groups is 2. The Labute approximate surface area is 249 Å². The van der Waals surface area contributed by atoms with Crippen molar-refractivity contribution in [2.45, 2.75) is 35.9 Å². The minimum absolute atomic E-state index is 0.0848. The van der Waals surface area contributed by atoms with Gasteiger partial charge in [-0.25, -0.2) is 4.90 Å². The zero-order chi connectivity index (χ0) is 30.6. The molecule has 0 radical (unpaired) electrons. The number of thiazole rings is 1. The van der Waals surface area contributed by atoms with E-state index in [0.717, 1.165) is 57.3 Å². The number of fused-ring (bicyclic) bond motifs is 2. The molecular weight excluding hydrogens is 607 g/mol. The molecule has 2 aliphatic heterocycles. The van der Waals surface area contributed by atoms with Crippen LogP contribution < -0.4 is 14.5 Å². The van der Waals surface area contributed by atoms with Crippen molar-refractivity contribution in [1.29, 1.82) is 0 Å². The Balaban J connectivity index is 1.47. The molecule has 1 fully saturated rings. The smallest absolute Gasteiger partial charge is 0.416 e. The van der Waals surface area contributed by atoms with Gasteiger partial charge in [0.05, 0.1) is 27.1 Å². The van der Waals surface area contributed by atoms with Crippen molar-refractivity contribution in [2.75, 3.05) is 4.90 Å². The molecule has 0 aliphatic carbocycles. The van der Waals surface area contributed by atoms with E-state index in [1.807, 2.05) is 31.2 Å². The number of non-ortho nitro benzene ring substituents is 1. The molecule has 1 saturated heterocycles. The van der Waals surface area contributed by atoms with Crippen molar-refractivity contribution in [1.82, 2.24) is 4.98 Å². The largest absolute Gasteiger partial charge is 0.489 e.